The molecule has 0 amide bonds. The summed E-state index contributed by atoms with van der Waals surface area (Å²) < 4.78 is 1.77. The van der Waals surface area contributed by atoms with Crippen LogP contribution in [0.15, 0.2) is 18.6 Å². The van der Waals surface area contributed by atoms with Crippen molar-refractivity contribution < 1.29 is 0 Å². The predicted molar refractivity (Wildman–Crippen MR) is 76.4 cm³/mol. The minimum absolute atomic E-state index is 0.793. The maximum absolute atomic E-state index is 3.95. The molecule has 1 heterocycles. The lowest BCUT2D eigenvalue weighted by Gasteiger charge is -2.02. The normalized spacial score (nSPS) is 9.41. The Bertz CT molecular complexity index is 307. The Kier molecular flexibility index (Phi) is 13.1. The molecule has 0 radical (unpaired) electrons. The van der Waals surface area contributed by atoms with Gasteiger partial charge in [-0.15, -0.1) is 10.2 Å². The largest absolute Gasteiger partial charge is 0.391 e. The van der Waals surface area contributed by atoms with E-state index in [1.165, 1.54) is 0 Å². The van der Waals surface area contributed by atoms with Gasteiger partial charge >= 0.3 is 0 Å². The summed E-state index contributed by atoms with van der Waals surface area (Å²) in [6.45, 7) is 13.7. The first-order chi connectivity index (χ1) is 8.31. The number of nitrogens with zero attached hydrogens (tertiary/aromatic N) is 3. The van der Waals surface area contributed by atoms with Crippen molar-refractivity contribution in [1.29, 1.82) is 0 Å². The van der Waals surface area contributed by atoms with Crippen LogP contribution in [0.1, 0.15) is 46.9 Å². The van der Waals surface area contributed by atoms with Crippen LogP contribution in [0.3, 0.4) is 0 Å². The lowest BCUT2D eigenvalue weighted by atomic mass is 10.3. The molecule has 1 aromatic heterocycles. The van der Waals surface area contributed by atoms with Crippen molar-refractivity contribution in [2.75, 3.05) is 7.05 Å². The molecule has 0 atom stereocenters. The van der Waals surface area contributed by atoms with Crippen molar-refractivity contribution in [3.63, 3.8) is 0 Å². The van der Waals surface area contributed by atoms with Gasteiger partial charge in [0.15, 0.2) is 5.82 Å². The molecule has 0 spiro atoms. The molecule has 1 aromatic rings. The van der Waals surface area contributed by atoms with E-state index in [1.807, 2.05) is 40.8 Å². The van der Waals surface area contributed by atoms with E-state index in [0.29, 0.717) is 0 Å². The monoisotopic (exact) mass is 238 g/mol. The number of allylic oxidation sites excluding steroid dienone is 1. The Morgan fingerprint density at radius 1 is 1.41 bits per heavy atom. The maximum atomic E-state index is 3.95. The quantitative estimate of drug-likeness (QED) is 0.874. The lowest BCUT2D eigenvalue weighted by Crippen LogP contribution is -2.04. The highest BCUT2D eigenvalue weighted by Gasteiger charge is 1.98. The molecule has 0 saturated carbocycles. The third-order valence-electron chi connectivity index (χ3n) is 1.80. The minimum atomic E-state index is 0.793. The highest BCUT2D eigenvalue weighted by Crippen LogP contribution is 2.04. The van der Waals surface area contributed by atoms with E-state index in [9.17, 15) is 0 Å². The molecule has 4 nitrogen and oxygen atoms in total. The van der Waals surface area contributed by atoms with E-state index in [0.717, 1.165) is 17.9 Å². The molecule has 0 saturated heterocycles. The molecular formula is C13H26N4. The summed E-state index contributed by atoms with van der Waals surface area (Å²) in [7, 11) is 1.89. The van der Waals surface area contributed by atoms with Crippen molar-refractivity contribution in [1.82, 2.24) is 20.1 Å². The van der Waals surface area contributed by atoms with Crippen LogP contribution < -0.4 is 5.32 Å². The summed E-state index contributed by atoms with van der Waals surface area (Å²) in [4.78, 5) is 0. The third-order valence-corrected chi connectivity index (χ3v) is 1.80. The van der Waals surface area contributed by atoms with E-state index >= 15 is 0 Å². The van der Waals surface area contributed by atoms with E-state index < -0.39 is 0 Å². The first-order valence-corrected chi connectivity index (χ1v) is 6.22. The number of nitrogens with one attached hydrogen (secondary N) is 1. The molecule has 1 N–H and O–H groups in total. The molecule has 1 rings (SSSR count). The van der Waals surface area contributed by atoms with Gasteiger partial charge < -0.3 is 5.32 Å². The molecule has 17 heavy (non-hydrogen) atoms. The van der Waals surface area contributed by atoms with Crippen molar-refractivity contribution in [2.45, 2.75) is 41.0 Å². The van der Waals surface area contributed by atoms with Crippen molar-refractivity contribution >= 4 is 12.3 Å². The standard InChI is InChI=1S/C9H14N4.2C2H6/c1-4-8(10-3)6-9-12-11-7-13(9)5-2;2*1-2/h5-7,10H,2,4H2,1,3H3;2*1-2H3/b8-6+;;. The van der Waals surface area contributed by atoms with E-state index in [-0.39, 0.29) is 0 Å². The van der Waals surface area contributed by atoms with Gasteiger partial charge in [0, 0.05) is 25.0 Å². The van der Waals surface area contributed by atoms with Crippen LogP contribution in [-0.2, 0) is 0 Å². The summed E-state index contributed by atoms with van der Waals surface area (Å²) in [5.41, 5.74) is 1.12. The van der Waals surface area contributed by atoms with Gasteiger partial charge in [-0.25, -0.2) is 0 Å². The average Bonchev–Trinajstić information content (AvgIpc) is 2.87. The van der Waals surface area contributed by atoms with Crippen LogP contribution in [0.25, 0.3) is 12.3 Å². The first kappa shape index (κ1) is 17.8. The summed E-state index contributed by atoms with van der Waals surface area (Å²) in [6.07, 6.45) is 6.20. The van der Waals surface area contributed by atoms with E-state index in [2.05, 4.69) is 29.0 Å². The lowest BCUT2D eigenvalue weighted by molar-refractivity contribution is 0.906. The van der Waals surface area contributed by atoms with Gasteiger partial charge in [0.2, 0.25) is 0 Å². The second-order valence-corrected chi connectivity index (χ2v) is 2.55. The van der Waals surface area contributed by atoms with Crippen LogP contribution in [0.2, 0.25) is 0 Å². The minimum Gasteiger partial charge on any atom is -0.391 e. The second-order valence-electron chi connectivity index (χ2n) is 2.55. The zero-order valence-corrected chi connectivity index (χ0v) is 12.0. The summed E-state index contributed by atoms with van der Waals surface area (Å²) in [5.74, 6) is 0.793. The molecule has 4 heteroatoms. The molecule has 0 aliphatic carbocycles. The predicted octanol–water partition coefficient (Wildman–Crippen LogP) is 3.40. The third kappa shape index (κ3) is 6.56. The van der Waals surface area contributed by atoms with Crippen LogP contribution >= 0.6 is 0 Å². The molecular weight excluding hydrogens is 212 g/mol. The molecule has 0 unspecified atom stereocenters. The van der Waals surface area contributed by atoms with E-state index in [1.54, 1.807) is 17.1 Å². The Morgan fingerprint density at radius 3 is 2.41 bits per heavy atom. The SMILES string of the molecule is C=Cn1cnnc1/C=C(\CC)NC.CC.CC. The van der Waals surface area contributed by atoms with Gasteiger partial charge in [-0.05, 0) is 6.42 Å². The molecule has 98 valence electrons. The highest BCUT2D eigenvalue weighted by molar-refractivity contribution is 5.47. The maximum Gasteiger partial charge on any atom is 0.162 e. The first-order valence-electron chi connectivity index (χ1n) is 6.22. The van der Waals surface area contributed by atoms with Gasteiger partial charge in [0.1, 0.15) is 6.33 Å². The van der Waals surface area contributed by atoms with Crippen LogP contribution in [0.4, 0.5) is 0 Å². The fourth-order valence-corrected chi connectivity index (χ4v) is 1.00. The van der Waals surface area contributed by atoms with Gasteiger partial charge in [-0.2, -0.15) is 0 Å². The highest BCUT2D eigenvalue weighted by atomic mass is 15.2. The van der Waals surface area contributed by atoms with Gasteiger partial charge in [0.05, 0.1) is 0 Å². The van der Waals surface area contributed by atoms with Gasteiger partial charge in [-0.3, -0.25) is 4.57 Å². The number of aromatic nitrogens is 3. The van der Waals surface area contributed by atoms with Crippen LogP contribution in [0, 0.1) is 0 Å². The Hall–Kier alpha value is -1.58. The van der Waals surface area contributed by atoms with E-state index in [4.69, 9.17) is 0 Å². The molecule has 0 aromatic carbocycles. The smallest absolute Gasteiger partial charge is 0.162 e. The average molecular weight is 238 g/mol. The molecule has 0 fully saturated rings. The number of rotatable bonds is 4. The summed E-state index contributed by atoms with van der Waals surface area (Å²) in [6, 6.07) is 0. The molecule has 0 bridgehead atoms. The zero-order chi connectivity index (χ0) is 13.7. The van der Waals surface area contributed by atoms with Crippen molar-refractivity contribution in [2.24, 2.45) is 0 Å². The Balaban J connectivity index is 0. The van der Waals surface area contributed by atoms with Crippen molar-refractivity contribution in [3.05, 3.63) is 24.4 Å². The van der Waals surface area contributed by atoms with Gasteiger partial charge in [0.25, 0.3) is 0 Å². The Morgan fingerprint density at radius 2 is 2.00 bits per heavy atom. The van der Waals surface area contributed by atoms with Crippen molar-refractivity contribution in [3.8, 4) is 0 Å². The fraction of sp³-hybridized carbons (Fsp3) is 0.538. The van der Waals surface area contributed by atoms with Crippen LogP contribution in [0.5, 0.6) is 0 Å². The summed E-state index contributed by atoms with van der Waals surface area (Å²) >= 11 is 0. The zero-order valence-electron chi connectivity index (χ0n) is 12.0. The Labute approximate surface area is 105 Å². The molecule has 0 aliphatic heterocycles. The number of hydrogen-bond donors (Lipinski definition) is 1. The topological polar surface area (TPSA) is 42.7 Å². The summed E-state index contributed by atoms with van der Waals surface area (Å²) in [5, 5.41) is 10.8. The number of hydrogen-bond acceptors (Lipinski definition) is 3. The van der Waals surface area contributed by atoms with Crippen LogP contribution in [-0.4, -0.2) is 21.8 Å². The molecule has 0 aliphatic rings. The van der Waals surface area contributed by atoms with Gasteiger partial charge in [-0.1, -0.05) is 41.2 Å². The second kappa shape index (κ2) is 12.5. The fourth-order valence-electron chi connectivity index (χ4n) is 1.00.